The number of pyridine rings is 9. The minimum absolute atomic E-state index is 0.0273. The number of carbonyl (C=O) groups excluding carboxylic acids is 6. The molecule has 0 radical (unpaired) electrons. The topological polar surface area (TPSA) is 561 Å². The first-order valence-corrected chi connectivity index (χ1v) is 48.9. The molecule has 43 nitrogen and oxygen atoms in total. The van der Waals surface area contributed by atoms with Gasteiger partial charge in [0.1, 0.15) is 56.4 Å². The number of hydrogen-bond acceptors (Lipinski definition) is 39. The number of nitrogens with one attached hydrogen (secondary N) is 1. The lowest BCUT2D eigenvalue weighted by Gasteiger charge is -2.34. The minimum atomic E-state index is -2.36. The van der Waals surface area contributed by atoms with E-state index in [1.165, 1.54) is 6.92 Å². The number of ketones is 1. The van der Waals surface area contributed by atoms with Crippen LogP contribution >= 0.6 is 0 Å². The van der Waals surface area contributed by atoms with Gasteiger partial charge in [-0.05, 0) is 129 Å². The Bertz CT molecular complexity index is 5120. The fourth-order valence-corrected chi connectivity index (χ4v) is 15.6. The quantitative estimate of drug-likeness (QED) is 0.0179. The van der Waals surface area contributed by atoms with Crippen LogP contribution in [-0.2, 0) is 115 Å². The number of nitrogens with zero attached hydrogens (tertiary/aromatic N) is 21. The minimum Gasteiger partial charge on any atom is -0.461 e. The summed E-state index contributed by atoms with van der Waals surface area (Å²) in [6.07, 6.45) is 1.44. The van der Waals surface area contributed by atoms with Gasteiger partial charge in [0.2, 0.25) is 17.7 Å². The SMILES string of the molecule is CC(C)CC(CC(=O)Cn1nncc1CN(CCN(Cc1ccccn1)Cc1ccccn1)Cc1ccccn1)B(O)O.CCC(=O)NC(COC(=O)[C@H](O)[C@@H](O)[C@H](O)[C@H](O)CO)COC(=O)[C@H](O)[C@@H](O)[C@H](O)[C@H](O)CO.CN1CCN(C(=O)CN(CCN(Cc2ccccn2)Cc2ccccn2)Cc2ccccn2)CC1.O=C(CN(CCN(Cc1ccccn1)Cc1ccccn1)Cc1ccccn1)N1CCOCC1. The number of amides is 3. The van der Waals surface area contributed by atoms with Crippen LogP contribution in [0, 0.1) is 5.92 Å². The van der Waals surface area contributed by atoms with E-state index < -0.39 is 112 Å². The van der Waals surface area contributed by atoms with Gasteiger partial charge in [0.05, 0.1) is 109 Å². The molecule has 2 aliphatic rings. The Morgan fingerprint density at radius 1 is 0.418 bits per heavy atom. The summed E-state index contributed by atoms with van der Waals surface area (Å²) in [6, 6.07) is 52.3. The fourth-order valence-electron chi connectivity index (χ4n) is 15.6. The molecule has 146 heavy (non-hydrogen) atoms. The molecule has 9 atom stereocenters. The van der Waals surface area contributed by atoms with Crippen LogP contribution in [0.1, 0.15) is 97.0 Å². The zero-order valence-electron chi connectivity index (χ0n) is 83.3. The first-order chi connectivity index (χ1) is 70.6. The second-order valence-electron chi connectivity index (χ2n) is 36.0. The Kier molecular flexibility index (Phi) is 52.5. The number of piperazine rings is 1. The van der Waals surface area contributed by atoms with Crippen molar-refractivity contribution in [2.24, 2.45) is 5.92 Å². The van der Waals surface area contributed by atoms with Crippen molar-refractivity contribution in [2.75, 3.05) is 138 Å². The average molecular weight is 2020 g/mol. The Morgan fingerprint density at radius 2 is 0.719 bits per heavy atom. The molecule has 13 N–H and O–H groups in total. The van der Waals surface area contributed by atoms with E-state index in [4.69, 9.17) is 24.4 Å². The number of aliphatic hydroxyl groups excluding tert-OH is 10. The standard InChI is InChI=1S/C31H41BN8O3.C27H35N7O.C26H32N6O2.C18H33NO15/c1-25(2)17-26(32(42)43)18-31(41)24-40-30(19-36-37-40)23-39(22-29-11-5-8-14-35-29)16-15-38(20-27-9-3-6-12-33-27)21-28-10-4-7-13-34-28;1-31-14-18-34(19-15-31)27(35)23-33(22-26-10-4-7-13-30-26)17-16-32(20-24-8-2-5-11-28-24)21-25-9-3-6-12-29-25;33-26(32-15-17-34-18-16-32)22-31(21-25-9-3-6-12-29-25)14-13-30(19-23-7-1-4-10-27-23)20-24-8-2-5-11-28-24;1-2-10(24)19-7(5-33-17(31)15(29)13(27)11(25)8(22)3-20)6-34-18(32)16(30)14(28)12(26)9(23)4-21/h3-14,19,25-26,42-43H,15-18,20-24H2,1-2H3;2-13H,14-23H2,1H3;1-12H,13-22H2;7-9,11-16,20-23,25-30H,2-6H2,1H3,(H,19,24)/t;;;8-,9-,11-,12-,13+,14+,15-,16-/m...1/s1. The molecular formula is C102H141BN22O21. The predicted octanol–water partition coefficient (Wildman–Crippen LogP) is 0.240. The van der Waals surface area contributed by atoms with E-state index in [0.717, 1.165) is 129 Å². The van der Waals surface area contributed by atoms with E-state index in [1.54, 1.807) is 23.3 Å². The van der Waals surface area contributed by atoms with E-state index in [2.05, 4.69) is 102 Å². The number of hydrogen-bond donors (Lipinski definition) is 13. The van der Waals surface area contributed by atoms with Crippen molar-refractivity contribution in [3.8, 4) is 0 Å². The van der Waals surface area contributed by atoms with Crippen molar-refractivity contribution < 1.29 is 104 Å². The Balaban J connectivity index is 0.000000218. The maximum Gasteiger partial charge on any atom is 0.455 e. The number of aromatic nitrogens is 12. The van der Waals surface area contributed by atoms with Crippen molar-refractivity contribution in [1.29, 1.82) is 0 Å². The highest BCUT2D eigenvalue weighted by Gasteiger charge is 2.39. The van der Waals surface area contributed by atoms with Crippen molar-refractivity contribution >= 4 is 42.6 Å². The molecule has 788 valence electrons. The predicted molar refractivity (Wildman–Crippen MR) is 536 cm³/mol. The van der Waals surface area contributed by atoms with Gasteiger partial charge in [0.15, 0.2) is 18.0 Å². The third-order valence-corrected chi connectivity index (χ3v) is 23.8. The number of carbonyl (C=O) groups is 6. The first kappa shape index (κ1) is 117. The summed E-state index contributed by atoms with van der Waals surface area (Å²) in [5.41, 5.74) is 9.71. The number of likely N-dealkylation sites (N-methyl/N-ethyl adjacent to an activating group) is 1. The summed E-state index contributed by atoms with van der Waals surface area (Å²) in [6.45, 7) is 19.8. The molecule has 12 rings (SSSR count). The maximum atomic E-state index is 13.1. The normalized spacial score (nSPS) is 14.7. The number of ether oxygens (including phenoxy) is 3. The summed E-state index contributed by atoms with van der Waals surface area (Å²) in [4.78, 5) is 135. The van der Waals surface area contributed by atoms with Gasteiger partial charge in [-0.1, -0.05) is 80.6 Å². The van der Waals surface area contributed by atoms with Crippen LogP contribution in [0.3, 0.4) is 0 Å². The zero-order chi connectivity index (χ0) is 105. The molecule has 0 bridgehead atoms. The molecule has 10 aromatic rings. The lowest BCUT2D eigenvalue weighted by molar-refractivity contribution is -0.174. The second-order valence-corrected chi connectivity index (χ2v) is 36.0. The number of rotatable bonds is 56. The molecule has 1 unspecified atom stereocenters. The van der Waals surface area contributed by atoms with Gasteiger partial charge in [-0.25, -0.2) is 14.3 Å². The molecular weight excluding hydrogens is 1880 g/mol. The Hall–Kier alpha value is -12.2. The molecule has 2 saturated heterocycles. The zero-order valence-corrected chi connectivity index (χ0v) is 83.3. The Morgan fingerprint density at radius 3 is 1.01 bits per heavy atom. The van der Waals surface area contributed by atoms with Crippen molar-refractivity contribution in [3.05, 3.63) is 283 Å². The molecule has 0 aromatic carbocycles. The second kappa shape index (κ2) is 65.4. The Labute approximate surface area is 851 Å². The van der Waals surface area contributed by atoms with E-state index >= 15 is 0 Å². The van der Waals surface area contributed by atoms with Crippen molar-refractivity contribution in [3.63, 3.8) is 0 Å². The maximum absolute atomic E-state index is 13.1. The van der Waals surface area contributed by atoms with Gasteiger partial charge in [-0.3, -0.25) is 93.4 Å². The highest BCUT2D eigenvalue weighted by Crippen LogP contribution is 2.25. The molecule has 10 aromatic heterocycles. The molecule has 0 spiro atoms. The summed E-state index contributed by atoms with van der Waals surface area (Å²) in [7, 11) is 0.572. The summed E-state index contributed by atoms with van der Waals surface area (Å²) < 4.78 is 16.4. The van der Waals surface area contributed by atoms with Crippen molar-refractivity contribution in [1.82, 2.24) is 109 Å². The summed E-state index contributed by atoms with van der Waals surface area (Å²) in [5.74, 6) is -3.65. The largest absolute Gasteiger partial charge is 0.461 e. The lowest BCUT2D eigenvalue weighted by Crippen LogP contribution is -2.51. The number of Topliss-reactive ketones (excluding diaryl/α,β-unsaturated/α-hetero) is 1. The van der Waals surface area contributed by atoms with Crippen LogP contribution in [0.25, 0.3) is 0 Å². The van der Waals surface area contributed by atoms with Crippen molar-refractivity contribution in [2.45, 2.75) is 173 Å². The molecule has 3 amide bonds. The van der Waals surface area contributed by atoms with Crippen LogP contribution in [0.2, 0.25) is 5.82 Å². The monoisotopic (exact) mass is 2020 g/mol. The van der Waals surface area contributed by atoms with Gasteiger partial charge >= 0.3 is 19.1 Å². The van der Waals surface area contributed by atoms with Gasteiger partial charge in [0, 0.05) is 218 Å². The summed E-state index contributed by atoms with van der Waals surface area (Å²) in [5, 5.41) is 124. The molecule has 0 aliphatic carbocycles. The molecule has 0 saturated carbocycles. The van der Waals surface area contributed by atoms with Gasteiger partial charge in [0.25, 0.3) is 0 Å². The van der Waals surface area contributed by atoms with Crippen LogP contribution < -0.4 is 5.32 Å². The average Bonchev–Trinajstić information content (AvgIpc) is 1.41. The van der Waals surface area contributed by atoms with Gasteiger partial charge in [-0.15, -0.1) is 5.10 Å². The molecule has 12 heterocycles. The third kappa shape index (κ3) is 43.8. The number of esters is 2. The fraction of sp³-hybridized carbons (Fsp3) is 0.480. The molecule has 2 aliphatic heterocycles. The van der Waals surface area contributed by atoms with Crippen LogP contribution in [0.5, 0.6) is 0 Å². The molecule has 2 fully saturated rings. The summed E-state index contributed by atoms with van der Waals surface area (Å²) >= 11 is 0. The molecule has 44 heteroatoms. The van der Waals surface area contributed by atoms with Gasteiger partial charge < -0.3 is 95.3 Å². The van der Waals surface area contributed by atoms with Crippen LogP contribution in [0.4, 0.5) is 0 Å². The smallest absolute Gasteiger partial charge is 0.455 e. The third-order valence-electron chi connectivity index (χ3n) is 23.8. The highest BCUT2D eigenvalue weighted by molar-refractivity contribution is 6.43. The lowest BCUT2D eigenvalue weighted by atomic mass is 9.66. The van der Waals surface area contributed by atoms with E-state index in [-0.39, 0.29) is 42.9 Å². The van der Waals surface area contributed by atoms with Crippen LogP contribution in [-0.4, -0.2) is 401 Å². The van der Waals surface area contributed by atoms with E-state index in [9.17, 15) is 79.7 Å². The highest BCUT2D eigenvalue weighted by atomic mass is 16.6. The first-order valence-electron chi connectivity index (χ1n) is 48.9. The number of morpholine rings is 1. The van der Waals surface area contributed by atoms with E-state index in [1.807, 2.05) is 231 Å². The van der Waals surface area contributed by atoms with Gasteiger partial charge in [-0.2, -0.15) is 0 Å². The number of aliphatic hydroxyl groups is 10. The van der Waals surface area contributed by atoms with Crippen LogP contribution in [0.15, 0.2) is 226 Å². The van der Waals surface area contributed by atoms with E-state index in [0.29, 0.717) is 105 Å².